The van der Waals surface area contributed by atoms with Crippen molar-refractivity contribution in [2.24, 2.45) is 0 Å². The van der Waals surface area contributed by atoms with Crippen molar-refractivity contribution in [3.8, 4) is 17.0 Å². The molecular weight excluding hydrogens is 522 g/mol. The number of carbonyl (C=O) groups excluding carboxylic acids is 2. The summed E-state index contributed by atoms with van der Waals surface area (Å²) < 4.78 is 6.49. The number of ether oxygens (including phenoxy) is 1. The quantitative estimate of drug-likeness (QED) is 0.216. The Balaban J connectivity index is 1.37. The molecule has 0 bridgehead atoms. The summed E-state index contributed by atoms with van der Waals surface area (Å²) in [7, 11) is 0. The third-order valence-corrected chi connectivity index (χ3v) is 7.83. The van der Waals surface area contributed by atoms with Crippen molar-refractivity contribution < 1.29 is 14.3 Å². The number of rotatable bonds is 9. The van der Waals surface area contributed by atoms with Gasteiger partial charge >= 0.3 is 0 Å². The van der Waals surface area contributed by atoms with E-state index < -0.39 is 0 Å². The largest absolute Gasteiger partial charge is 0.489 e. The van der Waals surface area contributed by atoms with Crippen LogP contribution in [0.4, 0.5) is 0 Å². The van der Waals surface area contributed by atoms with Crippen molar-refractivity contribution in [3.05, 3.63) is 131 Å². The van der Waals surface area contributed by atoms with Gasteiger partial charge in [0.15, 0.2) is 5.75 Å². The zero-order valence-corrected chi connectivity index (χ0v) is 23.6. The molecular formula is C36H33N3O3. The molecule has 0 saturated heterocycles. The molecule has 1 aliphatic heterocycles. The van der Waals surface area contributed by atoms with E-state index >= 15 is 0 Å². The minimum Gasteiger partial charge on any atom is -0.489 e. The first-order valence-corrected chi connectivity index (χ1v) is 14.5. The van der Waals surface area contributed by atoms with E-state index in [1.54, 1.807) is 0 Å². The van der Waals surface area contributed by atoms with E-state index in [9.17, 15) is 9.59 Å². The number of hydrogen-bond donors (Lipinski definition) is 1. The molecule has 0 saturated carbocycles. The normalized spacial score (nSPS) is 13.5. The molecule has 1 N–H and O–H groups in total. The molecule has 42 heavy (non-hydrogen) atoms. The number of nitrogens with zero attached hydrogens (tertiary/aromatic N) is 2. The van der Waals surface area contributed by atoms with Gasteiger partial charge in [0, 0.05) is 23.1 Å². The van der Waals surface area contributed by atoms with Crippen LogP contribution in [-0.2, 0) is 6.42 Å². The van der Waals surface area contributed by atoms with Crippen LogP contribution in [0, 0.1) is 0 Å². The molecule has 0 aliphatic carbocycles. The Bertz CT molecular complexity index is 1720. The van der Waals surface area contributed by atoms with Gasteiger partial charge in [-0.15, -0.1) is 0 Å². The van der Waals surface area contributed by atoms with Gasteiger partial charge in [-0.25, -0.2) is 4.98 Å². The summed E-state index contributed by atoms with van der Waals surface area (Å²) in [5, 5.41) is 3.98. The maximum absolute atomic E-state index is 14.2. The topological polar surface area (TPSA) is 71.5 Å². The number of pyridine rings is 1. The molecule has 6 nitrogen and oxygen atoms in total. The minimum atomic E-state index is -0.223. The average Bonchev–Trinajstić information content (AvgIpc) is 3.05. The van der Waals surface area contributed by atoms with Crippen LogP contribution in [0.15, 0.2) is 109 Å². The van der Waals surface area contributed by atoms with Crippen LogP contribution >= 0.6 is 0 Å². The second-order valence-corrected chi connectivity index (χ2v) is 10.4. The predicted molar refractivity (Wildman–Crippen MR) is 166 cm³/mol. The van der Waals surface area contributed by atoms with Gasteiger partial charge in [0.25, 0.3) is 11.8 Å². The standard InChI is InChI=1S/C36H33N3O3/c1-2-30(26-14-5-3-6-15-26)38-35(40)32-29-19-11-12-20-31(29)37-33(27-16-7-4-8-17-27)34(32)42-24-23-39-22-21-25-13-9-10-18-28(25)36(39)41/h3-20,30H,2,21-24H2,1H3,(H,38,40). The molecule has 5 aromatic rings. The molecule has 1 aromatic heterocycles. The fraction of sp³-hybridized carbons (Fsp3) is 0.194. The number of aromatic nitrogens is 1. The maximum atomic E-state index is 14.2. The van der Waals surface area contributed by atoms with E-state index in [2.05, 4.69) is 12.2 Å². The Hall–Kier alpha value is -4.97. The molecule has 6 heteroatoms. The lowest BCUT2D eigenvalue weighted by Gasteiger charge is -2.29. The van der Waals surface area contributed by atoms with Crippen molar-refractivity contribution in [1.29, 1.82) is 0 Å². The highest BCUT2D eigenvalue weighted by atomic mass is 16.5. The molecule has 1 atom stereocenters. The van der Waals surface area contributed by atoms with Gasteiger partial charge in [0.05, 0.1) is 23.7 Å². The fourth-order valence-electron chi connectivity index (χ4n) is 5.63. The number of fused-ring (bicyclic) bond motifs is 2. The van der Waals surface area contributed by atoms with Gasteiger partial charge in [-0.1, -0.05) is 104 Å². The van der Waals surface area contributed by atoms with E-state index in [1.165, 1.54) is 0 Å². The number of hydrogen-bond acceptors (Lipinski definition) is 4. The lowest BCUT2D eigenvalue weighted by molar-refractivity contribution is 0.0712. The van der Waals surface area contributed by atoms with Gasteiger partial charge in [-0.3, -0.25) is 9.59 Å². The van der Waals surface area contributed by atoms with Crippen LogP contribution in [0.25, 0.3) is 22.2 Å². The van der Waals surface area contributed by atoms with E-state index in [0.29, 0.717) is 35.6 Å². The summed E-state index contributed by atoms with van der Waals surface area (Å²) in [4.78, 5) is 34.1. The Morgan fingerprint density at radius 2 is 1.60 bits per heavy atom. The van der Waals surface area contributed by atoms with E-state index in [1.807, 2.05) is 114 Å². The third-order valence-electron chi connectivity index (χ3n) is 7.83. The zero-order chi connectivity index (χ0) is 28.9. The highest BCUT2D eigenvalue weighted by Crippen LogP contribution is 2.37. The van der Waals surface area contributed by atoms with Crippen LogP contribution in [-0.4, -0.2) is 41.4 Å². The first kappa shape index (κ1) is 27.2. The summed E-state index contributed by atoms with van der Waals surface area (Å²) in [5.74, 6) is 0.205. The number of para-hydroxylation sites is 1. The lowest BCUT2D eigenvalue weighted by atomic mass is 9.99. The molecule has 6 rings (SSSR count). The molecule has 2 heterocycles. The molecule has 1 unspecified atom stereocenters. The Labute approximate surface area is 246 Å². The highest BCUT2D eigenvalue weighted by molar-refractivity contribution is 6.10. The number of benzene rings is 4. The van der Waals surface area contributed by atoms with Crippen LogP contribution in [0.5, 0.6) is 5.75 Å². The van der Waals surface area contributed by atoms with Crippen molar-refractivity contribution in [1.82, 2.24) is 15.2 Å². The van der Waals surface area contributed by atoms with Gasteiger partial charge in [0.1, 0.15) is 12.3 Å². The number of carbonyl (C=O) groups is 2. The third kappa shape index (κ3) is 5.48. The minimum absolute atomic E-state index is 0.00647. The molecule has 0 fully saturated rings. The van der Waals surface area contributed by atoms with E-state index in [-0.39, 0.29) is 24.5 Å². The first-order chi connectivity index (χ1) is 20.6. The van der Waals surface area contributed by atoms with Gasteiger partial charge < -0.3 is 15.0 Å². The van der Waals surface area contributed by atoms with Crippen LogP contribution in [0.1, 0.15) is 51.2 Å². The SMILES string of the molecule is CCC(NC(=O)c1c(OCCN2CCc3ccccc3C2=O)c(-c2ccccc2)nc2ccccc12)c1ccccc1. The molecule has 210 valence electrons. The van der Waals surface area contributed by atoms with Crippen molar-refractivity contribution in [3.63, 3.8) is 0 Å². The highest BCUT2D eigenvalue weighted by Gasteiger charge is 2.27. The summed E-state index contributed by atoms with van der Waals surface area (Å²) in [6.45, 7) is 3.31. The number of amides is 2. The van der Waals surface area contributed by atoms with Crippen molar-refractivity contribution >= 4 is 22.7 Å². The van der Waals surface area contributed by atoms with E-state index in [4.69, 9.17) is 9.72 Å². The van der Waals surface area contributed by atoms with Crippen molar-refractivity contribution in [2.75, 3.05) is 19.7 Å². The second kappa shape index (κ2) is 12.3. The average molecular weight is 556 g/mol. The molecule has 0 radical (unpaired) electrons. The van der Waals surface area contributed by atoms with Crippen molar-refractivity contribution in [2.45, 2.75) is 25.8 Å². The van der Waals surface area contributed by atoms with Crippen LogP contribution < -0.4 is 10.1 Å². The van der Waals surface area contributed by atoms with Gasteiger partial charge in [-0.2, -0.15) is 0 Å². The second-order valence-electron chi connectivity index (χ2n) is 10.4. The summed E-state index contributed by atoms with van der Waals surface area (Å²) in [6.07, 6.45) is 1.54. The van der Waals surface area contributed by atoms with E-state index in [0.717, 1.165) is 40.5 Å². The maximum Gasteiger partial charge on any atom is 0.256 e. The predicted octanol–water partition coefficient (Wildman–Crippen LogP) is 6.86. The summed E-state index contributed by atoms with van der Waals surface area (Å²) in [6, 6.07) is 35.0. The van der Waals surface area contributed by atoms with Gasteiger partial charge in [0.2, 0.25) is 0 Å². The Morgan fingerprint density at radius 1 is 0.905 bits per heavy atom. The molecule has 2 amide bonds. The summed E-state index contributed by atoms with van der Waals surface area (Å²) in [5.41, 5.74) is 5.48. The zero-order valence-electron chi connectivity index (χ0n) is 23.6. The summed E-state index contributed by atoms with van der Waals surface area (Å²) >= 11 is 0. The Kier molecular flexibility index (Phi) is 7.95. The van der Waals surface area contributed by atoms with Gasteiger partial charge in [-0.05, 0) is 36.1 Å². The van der Waals surface area contributed by atoms with Crippen LogP contribution in [0.3, 0.4) is 0 Å². The smallest absolute Gasteiger partial charge is 0.256 e. The van der Waals surface area contributed by atoms with Crippen LogP contribution in [0.2, 0.25) is 0 Å². The fourth-order valence-corrected chi connectivity index (χ4v) is 5.63. The molecule has 1 aliphatic rings. The monoisotopic (exact) mass is 555 g/mol. The number of nitrogens with one attached hydrogen (secondary N) is 1. The first-order valence-electron chi connectivity index (χ1n) is 14.5. The molecule has 4 aromatic carbocycles. The Morgan fingerprint density at radius 3 is 2.38 bits per heavy atom. The molecule has 0 spiro atoms. The lowest BCUT2D eigenvalue weighted by Crippen LogP contribution is -2.40.